The van der Waals surface area contributed by atoms with E-state index in [-0.39, 0.29) is 0 Å². The highest BCUT2D eigenvalue weighted by Crippen LogP contribution is 2.26. The Labute approximate surface area is 81.6 Å². The zero-order valence-corrected chi connectivity index (χ0v) is 7.41. The first kappa shape index (κ1) is 10.6. The monoisotopic (exact) mass is 215 g/mol. The summed E-state index contributed by atoms with van der Waals surface area (Å²) in [4.78, 5) is 29.8. The summed E-state index contributed by atoms with van der Waals surface area (Å²) in [6.45, 7) is 0. The minimum atomic E-state index is -1.26. The van der Waals surface area contributed by atoms with Gasteiger partial charge in [-0.1, -0.05) is 0 Å². The molecule has 0 saturated carbocycles. The van der Waals surface area contributed by atoms with Crippen molar-refractivity contribution < 1.29 is 14.6 Å². The number of aromatic nitrogens is 2. The molecule has 1 aromatic rings. The molecule has 1 rings (SSSR count). The molecule has 0 saturated heterocycles. The number of amides is 1. The topological polar surface area (TPSA) is 147 Å². The maximum Gasteiger partial charge on any atom is 0.433 e. The van der Waals surface area contributed by atoms with Gasteiger partial charge >= 0.3 is 11.6 Å². The van der Waals surface area contributed by atoms with Crippen molar-refractivity contribution in [3.05, 3.63) is 25.8 Å². The number of nitrogens with two attached hydrogens (primary N) is 1. The Hall–Kier alpha value is -2.52. The summed E-state index contributed by atoms with van der Waals surface area (Å²) in [7, 11) is 1.11. The van der Waals surface area contributed by atoms with E-state index < -0.39 is 33.0 Å². The summed E-state index contributed by atoms with van der Waals surface area (Å²) in [6, 6.07) is 0. The smallest absolute Gasteiger partial charge is 0.365 e. The van der Waals surface area contributed by atoms with Crippen LogP contribution < -0.4 is 5.73 Å². The molecule has 0 aliphatic carbocycles. The maximum absolute atomic E-state index is 10.8. The van der Waals surface area contributed by atoms with Gasteiger partial charge in [-0.05, 0) is 14.5 Å². The van der Waals surface area contributed by atoms with Crippen LogP contribution in [0.5, 0.6) is 0 Å². The van der Waals surface area contributed by atoms with E-state index in [4.69, 9.17) is 5.73 Å². The Balaban J connectivity index is 3.59. The Kier molecular flexibility index (Phi) is 2.34. The van der Waals surface area contributed by atoms with Crippen molar-refractivity contribution in [1.29, 1.82) is 0 Å². The summed E-state index contributed by atoms with van der Waals surface area (Å²) < 4.78 is 0.623. The van der Waals surface area contributed by atoms with E-state index in [1.807, 2.05) is 0 Å². The highest BCUT2D eigenvalue weighted by Gasteiger charge is 2.38. The lowest BCUT2D eigenvalue weighted by molar-refractivity contribution is -0.395. The van der Waals surface area contributed by atoms with Gasteiger partial charge in [-0.3, -0.25) is 4.79 Å². The number of nitro groups is 2. The van der Waals surface area contributed by atoms with Crippen molar-refractivity contribution in [2.24, 2.45) is 12.8 Å². The highest BCUT2D eigenvalue weighted by molar-refractivity contribution is 5.99. The molecular formula is C5H5N5O5. The third-order valence-electron chi connectivity index (χ3n) is 1.59. The Morgan fingerprint density at radius 1 is 1.40 bits per heavy atom. The van der Waals surface area contributed by atoms with Crippen LogP contribution in [0.4, 0.5) is 11.6 Å². The lowest BCUT2D eigenvalue weighted by Gasteiger charge is -1.93. The average molecular weight is 215 g/mol. The molecule has 2 N–H and O–H groups in total. The van der Waals surface area contributed by atoms with Crippen LogP contribution in [-0.2, 0) is 7.05 Å². The zero-order valence-electron chi connectivity index (χ0n) is 7.41. The first-order valence-corrected chi connectivity index (χ1v) is 3.51. The molecule has 10 nitrogen and oxygen atoms in total. The van der Waals surface area contributed by atoms with Crippen molar-refractivity contribution in [3.63, 3.8) is 0 Å². The molecule has 10 heteroatoms. The number of carbonyl (C=O) groups is 1. The van der Waals surface area contributed by atoms with E-state index in [1.54, 1.807) is 0 Å². The SMILES string of the molecule is Cn1nc([N+](=O)[O-])c(C(N)=O)c1[N+](=O)[O-]. The minimum absolute atomic E-state index is 0.623. The van der Waals surface area contributed by atoms with Gasteiger partial charge in [0.15, 0.2) is 0 Å². The number of aryl methyl sites for hydroxylation is 1. The number of carbonyl (C=O) groups excluding carboxylic acids is 1. The van der Waals surface area contributed by atoms with Crippen LogP contribution in [0.15, 0.2) is 0 Å². The number of hydrogen-bond acceptors (Lipinski definition) is 6. The quantitative estimate of drug-likeness (QED) is 0.522. The molecule has 1 aromatic heterocycles. The lowest BCUT2D eigenvalue weighted by atomic mass is 10.3. The van der Waals surface area contributed by atoms with Crippen molar-refractivity contribution in [2.75, 3.05) is 0 Å². The predicted molar refractivity (Wildman–Crippen MR) is 45.0 cm³/mol. The van der Waals surface area contributed by atoms with Crippen LogP contribution >= 0.6 is 0 Å². The molecule has 0 aromatic carbocycles. The number of primary amides is 1. The van der Waals surface area contributed by atoms with Crippen molar-refractivity contribution in [2.45, 2.75) is 0 Å². The van der Waals surface area contributed by atoms with Gasteiger partial charge in [0, 0.05) is 0 Å². The van der Waals surface area contributed by atoms with Gasteiger partial charge in [0.25, 0.3) is 5.91 Å². The second-order valence-electron chi connectivity index (χ2n) is 2.52. The van der Waals surface area contributed by atoms with Crippen LogP contribution in [0.25, 0.3) is 0 Å². The molecular weight excluding hydrogens is 210 g/mol. The Morgan fingerprint density at radius 2 is 1.93 bits per heavy atom. The maximum atomic E-state index is 10.8. The van der Waals surface area contributed by atoms with Crippen LogP contribution in [-0.4, -0.2) is 25.5 Å². The van der Waals surface area contributed by atoms with Crippen LogP contribution in [0.2, 0.25) is 0 Å². The van der Waals surface area contributed by atoms with E-state index in [1.165, 1.54) is 0 Å². The zero-order chi connectivity index (χ0) is 11.7. The van der Waals surface area contributed by atoms with Crippen LogP contribution in [0.3, 0.4) is 0 Å². The van der Waals surface area contributed by atoms with Crippen molar-refractivity contribution >= 4 is 17.5 Å². The minimum Gasteiger partial charge on any atom is -0.365 e. The number of nitrogens with zero attached hydrogens (tertiary/aromatic N) is 4. The molecule has 0 fully saturated rings. The first-order chi connectivity index (χ1) is 6.86. The second kappa shape index (κ2) is 3.32. The summed E-state index contributed by atoms with van der Waals surface area (Å²) in [6.07, 6.45) is 0. The third kappa shape index (κ3) is 1.59. The summed E-state index contributed by atoms with van der Waals surface area (Å²) in [5.74, 6) is -2.98. The molecule has 0 aliphatic rings. The lowest BCUT2D eigenvalue weighted by Crippen LogP contribution is -2.14. The molecule has 0 unspecified atom stereocenters. The molecule has 15 heavy (non-hydrogen) atoms. The van der Waals surface area contributed by atoms with Crippen molar-refractivity contribution in [3.8, 4) is 0 Å². The van der Waals surface area contributed by atoms with Crippen LogP contribution in [0, 0.1) is 20.2 Å². The fourth-order valence-corrected chi connectivity index (χ4v) is 1.06. The molecule has 1 amide bonds. The van der Waals surface area contributed by atoms with Gasteiger partial charge in [0.1, 0.15) is 12.1 Å². The highest BCUT2D eigenvalue weighted by atomic mass is 16.6. The first-order valence-electron chi connectivity index (χ1n) is 3.51. The fraction of sp³-hybridized carbons (Fsp3) is 0.200. The molecule has 0 radical (unpaired) electrons. The fourth-order valence-electron chi connectivity index (χ4n) is 1.06. The van der Waals surface area contributed by atoms with Gasteiger partial charge < -0.3 is 26.0 Å². The van der Waals surface area contributed by atoms with E-state index in [2.05, 4.69) is 5.10 Å². The predicted octanol–water partition coefficient (Wildman–Crippen LogP) is -0.665. The van der Waals surface area contributed by atoms with E-state index in [0.717, 1.165) is 7.05 Å². The van der Waals surface area contributed by atoms with Crippen LogP contribution in [0.1, 0.15) is 10.4 Å². The van der Waals surface area contributed by atoms with Gasteiger partial charge in [-0.2, -0.15) is 0 Å². The molecule has 0 bridgehead atoms. The molecule has 0 atom stereocenters. The number of rotatable bonds is 3. The standard InChI is InChI=1S/C5H5N5O5/c1-8-5(10(14)15)2(3(6)11)4(7-8)9(12)13/h1H3,(H2,6,11). The normalized spacial score (nSPS) is 9.93. The Morgan fingerprint density at radius 3 is 2.27 bits per heavy atom. The van der Waals surface area contributed by atoms with Gasteiger partial charge in [-0.15, -0.1) is 0 Å². The van der Waals surface area contributed by atoms with E-state index in [0.29, 0.717) is 4.68 Å². The van der Waals surface area contributed by atoms with E-state index in [9.17, 15) is 25.0 Å². The largest absolute Gasteiger partial charge is 0.433 e. The second-order valence-corrected chi connectivity index (χ2v) is 2.52. The molecule has 0 spiro atoms. The summed E-state index contributed by atoms with van der Waals surface area (Å²) in [5, 5.41) is 24.1. The average Bonchev–Trinajstić information content (AvgIpc) is 2.42. The molecule has 80 valence electrons. The molecule has 0 aliphatic heterocycles. The van der Waals surface area contributed by atoms with Gasteiger partial charge in [0.2, 0.25) is 5.56 Å². The van der Waals surface area contributed by atoms with Gasteiger partial charge in [-0.25, -0.2) is 0 Å². The summed E-state index contributed by atoms with van der Waals surface area (Å²) >= 11 is 0. The Bertz CT molecular complexity index is 463. The van der Waals surface area contributed by atoms with E-state index >= 15 is 0 Å². The third-order valence-corrected chi connectivity index (χ3v) is 1.59. The van der Waals surface area contributed by atoms with Crippen molar-refractivity contribution in [1.82, 2.24) is 9.78 Å². The number of hydrogen-bond donors (Lipinski definition) is 1. The van der Waals surface area contributed by atoms with Gasteiger partial charge in [0.05, 0.1) is 0 Å². The summed E-state index contributed by atoms with van der Waals surface area (Å²) in [5.41, 5.74) is 4.00. The molecule has 1 heterocycles.